The number of nitrogens with two attached hydrogens (primary N) is 1. The molecule has 2 saturated heterocycles. The highest BCUT2D eigenvalue weighted by Crippen LogP contribution is 2.23. The summed E-state index contributed by atoms with van der Waals surface area (Å²) in [6.07, 6.45) is 5.22. The Morgan fingerprint density at radius 1 is 1.20 bits per heavy atom. The number of esters is 1. The van der Waals surface area contributed by atoms with Crippen molar-refractivity contribution in [3.63, 3.8) is 0 Å². The summed E-state index contributed by atoms with van der Waals surface area (Å²) in [6, 6.07) is 8.83. The summed E-state index contributed by atoms with van der Waals surface area (Å²) >= 11 is 0. The molecule has 8 nitrogen and oxygen atoms in total. The molecule has 0 aliphatic carbocycles. The quantitative estimate of drug-likeness (QED) is 0.678. The largest absolute Gasteiger partial charge is 0.480 e. The van der Waals surface area contributed by atoms with E-state index in [0.29, 0.717) is 25.9 Å². The fraction of sp³-hybridized carbons (Fsp3) is 0.591. The van der Waals surface area contributed by atoms with Crippen LogP contribution < -0.4 is 5.73 Å². The molecular weight excluding hydrogens is 386 g/mol. The Bertz CT molecular complexity index is 697. The zero-order valence-corrected chi connectivity index (χ0v) is 17.7. The van der Waals surface area contributed by atoms with Gasteiger partial charge in [0.25, 0.3) is 0 Å². The maximum atomic E-state index is 11.8. The third-order valence-corrected chi connectivity index (χ3v) is 5.27. The number of benzene rings is 1. The lowest BCUT2D eigenvalue weighted by molar-refractivity contribution is -0.173. The molecule has 2 fully saturated rings. The third kappa shape index (κ3) is 7.11. The minimum atomic E-state index is -0.880. The Morgan fingerprint density at radius 2 is 1.90 bits per heavy atom. The van der Waals surface area contributed by atoms with Gasteiger partial charge >= 0.3 is 11.9 Å². The smallest absolute Gasteiger partial charge is 0.328 e. The molecule has 2 aliphatic heterocycles. The lowest BCUT2D eigenvalue weighted by Crippen LogP contribution is -2.57. The molecule has 0 radical (unpaired) electrons. The number of carbonyl (C=O) groups excluding carboxylic acids is 2. The van der Waals surface area contributed by atoms with Gasteiger partial charge in [0.15, 0.2) is 0 Å². The molecule has 30 heavy (non-hydrogen) atoms. The van der Waals surface area contributed by atoms with Crippen LogP contribution in [0.2, 0.25) is 0 Å². The van der Waals surface area contributed by atoms with Gasteiger partial charge in [-0.25, -0.2) is 9.80 Å². The molecule has 0 bridgehead atoms. The van der Waals surface area contributed by atoms with Gasteiger partial charge in [-0.1, -0.05) is 30.3 Å². The molecule has 8 heteroatoms. The average Bonchev–Trinajstić information content (AvgIpc) is 2.94. The van der Waals surface area contributed by atoms with Gasteiger partial charge in [0.05, 0.1) is 6.61 Å². The summed E-state index contributed by atoms with van der Waals surface area (Å²) in [5.74, 6) is -1.22. The van der Waals surface area contributed by atoms with Gasteiger partial charge in [-0.3, -0.25) is 14.6 Å². The van der Waals surface area contributed by atoms with Crippen LogP contribution in [0, 0.1) is 0 Å². The third-order valence-electron chi connectivity index (χ3n) is 5.27. The van der Waals surface area contributed by atoms with Crippen molar-refractivity contribution in [3.8, 4) is 0 Å². The van der Waals surface area contributed by atoms with Crippen LogP contribution in [-0.4, -0.2) is 64.8 Å². The van der Waals surface area contributed by atoms with E-state index in [9.17, 15) is 14.4 Å². The molecular formula is C22H33N3O5. The van der Waals surface area contributed by atoms with E-state index in [0.717, 1.165) is 38.8 Å². The predicted octanol–water partition coefficient (Wildman–Crippen LogP) is 1.97. The topological polar surface area (TPSA) is 113 Å². The summed E-state index contributed by atoms with van der Waals surface area (Å²) in [5.41, 5.74) is 6.87. The van der Waals surface area contributed by atoms with Gasteiger partial charge in [-0.2, -0.15) is 0 Å². The van der Waals surface area contributed by atoms with Crippen LogP contribution in [0.25, 0.3) is 0 Å². The zero-order chi connectivity index (χ0) is 21.9. The van der Waals surface area contributed by atoms with Gasteiger partial charge in [0.1, 0.15) is 12.1 Å². The van der Waals surface area contributed by atoms with E-state index in [1.165, 1.54) is 10.6 Å². The fourth-order valence-corrected chi connectivity index (χ4v) is 3.69. The highest BCUT2D eigenvalue weighted by Gasteiger charge is 2.37. The molecule has 0 saturated carbocycles. The number of nitrogens with zero attached hydrogens (tertiary/aromatic N) is 2. The number of aliphatic carboxylic acids is 1. The monoisotopic (exact) mass is 419 g/mol. The molecule has 1 aromatic carbocycles. The minimum absolute atomic E-state index is 0.0281. The Morgan fingerprint density at radius 3 is 2.57 bits per heavy atom. The second kappa shape index (κ2) is 12.3. The highest BCUT2D eigenvalue weighted by atomic mass is 16.5. The number of ether oxygens (including phenoxy) is 1. The highest BCUT2D eigenvalue weighted by molar-refractivity contribution is 5.83. The molecule has 0 aromatic heterocycles. The van der Waals surface area contributed by atoms with Gasteiger partial charge < -0.3 is 15.6 Å². The zero-order valence-electron chi connectivity index (χ0n) is 17.7. The van der Waals surface area contributed by atoms with Crippen LogP contribution in [0.4, 0.5) is 0 Å². The average molecular weight is 420 g/mol. The Labute approximate surface area is 177 Å². The molecule has 1 aromatic rings. The predicted molar refractivity (Wildman–Crippen MR) is 112 cm³/mol. The number of rotatable bonds is 6. The molecule has 2 heterocycles. The second-order valence-electron chi connectivity index (χ2n) is 7.53. The Balaban J connectivity index is 0.000000214. The van der Waals surface area contributed by atoms with Crippen LogP contribution in [0.5, 0.6) is 0 Å². The SMILES string of the molecule is CCOC(=O)C(N)CCc1ccccc1.O=C(O)[C@@H]1CCCN2CCCCC(=O)N12. The maximum absolute atomic E-state index is 11.8. The number of carboxylic acid groups (broad SMARTS) is 1. The first kappa shape index (κ1) is 23.8. The molecule has 2 aliphatic rings. The lowest BCUT2D eigenvalue weighted by Gasteiger charge is -2.41. The first-order valence-electron chi connectivity index (χ1n) is 10.7. The van der Waals surface area contributed by atoms with Crippen LogP contribution in [0.1, 0.15) is 51.0 Å². The van der Waals surface area contributed by atoms with Gasteiger partial charge in [-0.15, -0.1) is 0 Å². The van der Waals surface area contributed by atoms with Crippen molar-refractivity contribution in [1.29, 1.82) is 0 Å². The summed E-state index contributed by atoms with van der Waals surface area (Å²) in [5, 5.41) is 12.5. The number of hydrogen-bond acceptors (Lipinski definition) is 6. The number of fused-ring (bicyclic) bond motifs is 1. The fourth-order valence-electron chi connectivity index (χ4n) is 3.69. The number of hydrogen-bond donors (Lipinski definition) is 2. The van der Waals surface area contributed by atoms with Gasteiger partial charge in [0.2, 0.25) is 5.91 Å². The van der Waals surface area contributed by atoms with Crippen molar-refractivity contribution >= 4 is 17.8 Å². The van der Waals surface area contributed by atoms with Gasteiger partial charge in [-0.05, 0) is 51.0 Å². The molecule has 3 N–H and O–H groups in total. The van der Waals surface area contributed by atoms with Crippen LogP contribution in [-0.2, 0) is 25.5 Å². The van der Waals surface area contributed by atoms with Crippen molar-refractivity contribution in [2.75, 3.05) is 19.7 Å². The van der Waals surface area contributed by atoms with E-state index in [4.69, 9.17) is 15.6 Å². The van der Waals surface area contributed by atoms with Crippen molar-refractivity contribution in [2.45, 2.75) is 64.0 Å². The van der Waals surface area contributed by atoms with Crippen LogP contribution >= 0.6 is 0 Å². The maximum Gasteiger partial charge on any atom is 0.328 e. The van der Waals surface area contributed by atoms with Gasteiger partial charge in [0, 0.05) is 19.5 Å². The van der Waals surface area contributed by atoms with Crippen molar-refractivity contribution in [3.05, 3.63) is 35.9 Å². The number of amides is 1. The molecule has 1 unspecified atom stereocenters. The van der Waals surface area contributed by atoms with Crippen LogP contribution in [0.3, 0.4) is 0 Å². The van der Waals surface area contributed by atoms with Crippen molar-refractivity contribution in [2.24, 2.45) is 5.73 Å². The summed E-state index contributed by atoms with van der Waals surface area (Å²) < 4.78 is 4.83. The van der Waals surface area contributed by atoms with Crippen molar-refractivity contribution in [1.82, 2.24) is 10.0 Å². The van der Waals surface area contributed by atoms with E-state index in [1.54, 1.807) is 6.92 Å². The number of carboxylic acids is 1. The molecule has 166 valence electrons. The second-order valence-corrected chi connectivity index (χ2v) is 7.53. The first-order chi connectivity index (χ1) is 14.4. The summed E-state index contributed by atoms with van der Waals surface area (Å²) in [7, 11) is 0. The summed E-state index contributed by atoms with van der Waals surface area (Å²) in [6.45, 7) is 3.80. The van der Waals surface area contributed by atoms with Crippen LogP contribution in [0.15, 0.2) is 30.3 Å². The van der Waals surface area contributed by atoms with E-state index in [1.807, 2.05) is 35.3 Å². The van der Waals surface area contributed by atoms with E-state index in [-0.39, 0.29) is 11.9 Å². The standard InChI is InChI=1S/C12H17NO2.C10H16N2O3/c1-2-15-12(14)11(13)9-8-10-6-4-3-5-7-10;13-9-5-1-2-6-11-7-3-4-8(10(14)15)12(9)11/h3-7,11H,2,8-9,13H2,1H3;8H,1-7H2,(H,14,15)/t;8-/m.0/s1. The normalized spacial score (nSPS) is 20.3. The summed E-state index contributed by atoms with van der Waals surface area (Å²) in [4.78, 5) is 34.0. The lowest BCUT2D eigenvalue weighted by atomic mass is 10.1. The number of carbonyl (C=O) groups is 3. The first-order valence-corrected chi connectivity index (χ1v) is 10.7. The molecule has 3 rings (SSSR count). The molecule has 2 atom stereocenters. The molecule has 0 spiro atoms. The minimum Gasteiger partial charge on any atom is -0.480 e. The van der Waals surface area contributed by atoms with Crippen molar-refractivity contribution < 1.29 is 24.2 Å². The van der Waals surface area contributed by atoms with E-state index >= 15 is 0 Å². The number of aryl methyl sites for hydroxylation is 1. The Hall–Kier alpha value is -2.45. The number of hydrazine groups is 1. The Kier molecular flexibility index (Phi) is 9.76. The van der Waals surface area contributed by atoms with E-state index in [2.05, 4.69) is 0 Å². The molecule has 1 amide bonds. The van der Waals surface area contributed by atoms with E-state index < -0.39 is 18.1 Å².